The summed E-state index contributed by atoms with van der Waals surface area (Å²) in [6, 6.07) is 9.49. The van der Waals surface area contributed by atoms with E-state index < -0.39 is 5.60 Å². The molecular weight excluding hydrogens is 268 g/mol. The van der Waals surface area contributed by atoms with Crippen molar-refractivity contribution in [1.82, 2.24) is 4.90 Å². The number of likely N-dealkylation sites (tertiary alicyclic amines) is 1. The molecule has 1 amide bonds. The van der Waals surface area contributed by atoms with Crippen LogP contribution in [0.5, 0.6) is 5.75 Å². The van der Waals surface area contributed by atoms with E-state index in [9.17, 15) is 4.79 Å². The molecule has 2 N–H and O–H groups in total. The summed E-state index contributed by atoms with van der Waals surface area (Å²) >= 11 is 0. The first-order chi connectivity index (χ1) is 9.85. The second-order valence-corrected chi connectivity index (χ2v) is 6.41. The number of rotatable bonds is 3. The lowest BCUT2D eigenvalue weighted by Crippen LogP contribution is -2.42. The number of ether oxygens (including phenoxy) is 2. The van der Waals surface area contributed by atoms with Gasteiger partial charge >= 0.3 is 6.09 Å². The zero-order valence-electron chi connectivity index (χ0n) is 12.9. The summed E-state index contributed by atoms with van der Waals surface area (Å²) in [7, 11) is 0. The minimum Gasteiger partial charge on any atom is -0.491 e. The molecule has 1 saturated heterocycles. The number of amides is 1. The van der Waals surface area contributed by atoms with Gasteiger partial charge in [-0.3, -0.25) is 0 Å². The highest BCUT2D eigenvalue weighted by molar-refractivity contribution is 5.69. The van der Waals surface area contributed by atoms with Gasteiger partial charge in [0.1, 0.15) is 18.0 Å². The summed E-state index contributed by atoms with van der Waals surface area (Å²) in [6.07, 6.45) is 0.406. The molecule has 0 spiro atoms. The highest BCUT2D eigenvalue weighted by atomic mass is 16.6. The summed E-state index contributed by atoms with van der Waals surface area (Å²) in [5.41, 5.74) is 5.48. The molecule has 0 radical (unpaired) electrons. The standard InChI is InChI=1S/C16H24N2O3/c1-16(2,3)21-15(19)18-10-12(17)9-13(18)11-20-14-7-5-4-6-8-14/h4-8,12-13H,9-11,17H2,1-3H3/t12-,13-/m0/s1. The van der Waals surface area contributed by atoms with Crippen LogP contribution in [0.15, 0.2) is 30.3 Å². The number of carbonyl (C=O) groups is 1. The maximum absolute atomic E-state index is 12.2. The van der Waals surface area contributed by atoms with E-state index in [0.717, 1.165) is 12.2 Å². The summed E-state index contributed by atoms with van der Waals surface area (Å²) < 4.78 is 11.2. The molecule has 2 rings (SSSR count). The zero-order valence-corrected chi connectivity index (χ0v) is 12.9. The molecule has 1 fully saturated rings. The summed E-state index contributed by atoms with van der Waals surface area (Å²) in [5.74, 6) is 0.794. The Hall–Kier alpha value is -1.75. The van der Waals surface area contributed by atoms with Crippen LogP contribution < -0.4 is 10.5 Å². The Kier molecular flexibility index (Phi) is 4.73. The lowest BCUT2D eigenvalue weighted by atomic mass is 10.2. The van der Waals surface area contributed by atoms with Crippen LogP contribution in [0.2, 0.25) is 0 Å². The van der Waals surface area contributed by atoms with E-state index in [1.54, 1.807) is 4.90 Å². The van der Waals surface area contributed by atoms with Gasteiger partial charge in [-0.05, 0) is 39.3 Å². The van der Waals surface area contributed by atoms with E-state index in [4.69, 9.17) is 15.2 Å². The number of carbonyl (C=O) groups excluding carboxylic acids is 1. The first kappa shape index (κ1) is 15.6. The van der Waals surface area contributed by atoms with E-state index in [-0.39, 0.29) is 18.2 Å². The Morgan fingerprint density at radius 3 is 2.62 bits per heavy atom. The summed E-state index contributed by atoms with van der Waals surface area (Å²) in [5, 5.41) is 0. The molecule has 0 bridgehead atoms. The molecule has 1 heterocycles. The zero-order chi connectivity index (χ0) is 15.5. The maximum Gasteiger partial charge on any atom is 0.410 e. The lowest BCUT2D eigenvalue weighted by molar-refractivity contribution is 0.0186. The molecule has 1 aliphatic rings. The van der Waals surface area contributed by atoms with Gasteiger partial charge in [-0.25, -0.2) is 4.79 Å². The molecule has 0 saturated carbocycles. The van der Waals surface area contributed by atoms with Gasteiger partial charge in [0.15, 0.2) is 0 Å². The van der Waals surface area contributed by atoms with Crippen molar-refractivity contribution in [3.05, 3.63) is 30.3 Å². The Bertz CT molecular complexity index is 470. The van der Waals surface area contributed by atoms with Crippen LogP contribution in [0, 0.1) is 0 Å². The second kappa shape index (κ2) is 6.35. The van der Waals surface area contributed by atoms with E-state index in [0.29, 0.717) is 13.2 Å². The molecule has 2 atom stereocenters. The third-order valence-corrected chi connectivity index (χ3v) is 3.26. The smallest absolute Gasteiger partial charge is 0.410 e. The molecule has 1 aromatic rings. The number of benzene rings is 1. The minimum absolute atomic E-state index is 0.0260. The number of nitrogens with zero attached hydrogens (tertiary/aromatic N) is 1. The van der Waals surface area contributed by atoms with Crippen LogP contribution >= 0.6 is 0 Å². The van der Waals surface area contributed by atoms with Crippen LogP contribution in [0.3, 0.4) is 0 Å². The molecule has 0 unspecified atom stereocenters. The van der Waals surface area contributed by atoms with E-state index in [1.165, 1.54) is 0 Å². The topological polar surface area (TPSA) is 64.8 Å². The fraction of sp³-hybridized carbons (Fsp3) is 0.562. The highest BCUT2D eigenvalue weighted by Gasteiger charge is 2.36. The number of hydrogen-bond donors (Lipinski definition) is 1. The first-order valence-electron chi connectivity index (χ1n) is 7.28. The largest absolute Gasteiger partial charge is 0.491 e. The van der Waals surface area contributed by atoms with Gasteiger partial charge < -0.3 is 20.1 Å². The molecule has 1 aliphatic heterocycles. The van der Waals surface area contributed by atoms with E-state index in [2.05, 4.69) is 0 Å². The number of hydrogen-bond acceptors (Lipinski definition) is 4. The van der Waals surface area contributed by atoms with Gasteiger partial charge in [0.25, 0.3) is 0 Å². The van der Waals surface area contributed by atoms with Gasteiger partial charge in [0, 0.05) is 12.6 Å². The van der Waals surface area contributed by atoms with Crippen LogP contribution in [0.1, 0.15) is 27.2 Å². The van der Waals surface area contributed by atoms with E-state index in [1.807, 2.05) is 51.1 Å². The molecule has 0 aliphatic carbocycles. The van der Waals surface area contributed by atoms with Gasteiger partial charge in [-0.15, -0.1) is 0 Å². The molecule has 5 nitrogen and oxygen atoms in total. The summed E-state index contributed by atoms with van der Waals surface area (Å²) in [4.78, 5) is 13.9. The minimum atomic E-state index is -0.505. The normalized spacial score (nSPS) is 22.2. The molecule has 116 valence electrons. The van der Waals surface area contributed by atoms with Crippen molar-refractivity contribution in [3.8, 4) is 5.75 Å². The highest BCUT2D eigenvalue weighted by Crippen LogP contribution is 2.21. The molecular formula is C16H24N2O3. The van der Waals surface area contributed by atoms with Crippen molar-refractivity contribution in [2.24, 2.45) is 5.73 Å². The molecule has 21 heavy (non-hydrogen) atoms. The van der Waals surface area contributed by atoms with Gasteiger partial charge in [-0.2, -0.15) is 0 Å². The van der Waals surface area contributed by atoms with Gasteiger partial charge in [0.2, 0.25) is 0 Å². The molecule has 1 aromatic carbocycles. The predicted molar refractivity (Wildman–Crippen MR) is 81.3 cm³/mol. The first-order valence-corrected chi connectivity index (χ1v) is 7.28. The Labute approximate surface area is 126 Å². The van der Waals surface area contributed by atoms with Crippen molar-refractivity contribution in [1.29, 1.82) is 0 Å². The van der Waals surface area contributed by atoms with Crippen molar-refractivity contribution >= 4 is 6.09 Å². The average Bonchev–Trinajstić information content (AvgIpc) is 2.77. The SMILES string of the molecule is CC(C)(C)OC(=O)N1C[C@@H](N)C[C@H]1COc1ccccc1. The summed E-state index contributed by atoms with van der Waals surface area (Å²) in [6.45, 7) is 6.51. The molecule has 0 aromatic heterocycles. The Morgan fingerprint density at radius 1 is 1.33 bits per heavy atom. The number of nitrogens with two attached hydrogens (primary N) is 1. The molecule has 5 heteroatoms. The van der Waals surface area contributed by atoms with Crippen molar-refractivity contribution in [3.63, 3.8) is 0 Å². The quantitative estimate of drug-likeness (QED) is 0.929. The predicted octanol–water partition coefficient (Wildman–Crippen LogP) is 2.40. The van der Waals surface area contributed by atoms with Crippen LogP contribution in [0.25, 0.3) is 0 Å². The van der Waals surface area contributed by atoms with Gasteiger partial charge in [0.05, 0.1) is 6.04 Å². The Morgan fingerprint density at radius 2 is 2.00 bits per heavy atom. The third-order valence-electron chi connectivity index (χ3n) is 3.26. The van der Waals surface area contributed by atoms with Crippen LogP contribution in [-0.4, -0.2) is 41.8 Å². The fourth-order valence-corrected chi connectivity index (χ4v) is 2.36. The maximum atomic E-state index is 12.2. The van der Waals surface area contributed by atoms with Crippen molar-refractivity contribution in [2.45, 2.75) is 44.9 Å². The van der Waals surface area contributed by atoms with Crippen LogP contribution in [-0.2, 0) is 4.74 Å². The van der Waals surface area contributed by atoms with Crippen LogP contribution in [0.4, 0.5) is 4.79 Å². The fourth-order valence-electron chi connectivity index (χ4n) is 2.36. The van der Waals surface area contributed by atoms with Gasteiger partial charge in [-0.1, -0.05) is 18.2 Å². The second-order valence-electron chi connectivity index (χ2n) is 6.41. The average molecular weight is 292 g/mol. The van der Waals surface area contributed by atoms with Crippen molar-refractivity contribution in [2.75, 3.05) is 13.2 Å². The van der Waals surface area contributed by atoms with Crippen molar-refractivity contribution < 1.29 is 14.3 Å². The number of para-hydroxylation sites is 1. The lowest BCUT2D eigenvalue weighted by Gasteiger charge is -2.28. The monoisotopic (exact) mass is 292 g/mol. The Balaban J connectivity index is 1.95. The van der Waals surface area contributed by atoms with E-state index >= 15 is 0 Å². The third kappa shape index (κ3) is 4.63.